The van der Waals surface area contributed by atoms with Crippen molar-refractivity contribution in [3.8, 4) is 22.5 Å². The van der Waals surface area contributed by atoms with Crippen LogP contribution in [0.25, 0.3) is 28.1 Å². The number of nitrogens with zero attached hydrogens (tertiary/aromatic N) is 2. The van der Waals surface area contributed by atoms with Crippen LogP contribution < -0.4 is 5.32 Å². The lowest BCUT2D eigenvalue weighted by Crippen LogP contribution is -2.21. The predicted octanol–water partition coefficient (Wildman–Crippen LogP) is 4.13. The van der Waals surface area contributed by atoms with Crippen molar-refractivity contribution in [3.63, 3.8) is 0 Å². The van der Waals surface area contributed by atoms with E-state index in [0.29, 0.717) is 0 Å². The number of hydrogen-bond acceptors (Lipinski definition) is 2. The zero-order valence-electron chi connectivity index (χ0n) is 13.9. The zero-order chi connectivity index (χ0) is 16.4. The monoisotopic (exact) mass is 315 g/mol. The second kappa shape index (κ2) is 6.46. The first-order valence-electron chi connectivity index (χ1n) is 8.42. The average Bonchev–Trinajstić information content (AvgIpc) is 3.01. The molecule has 2 aromatic carbocycles. The summed E-state index contributed by atoms with van der Waals surface area (Å²) in [4.78, 5) is 5.05. The maximum atomic E-state index is 5.05. The van der Waals surface area contributed by atoms with Crippen LogP contribution in [0, 0.1) is 0 Å². The molecule has 0 unspecified atom stereocenters. The highest BCUT2D eigenvalue weighted by atomic mass is 15.1. The van der Waals surface area contributed by atoms with E-state index in [-0.39, 0.29) is 0 Å². The third-order valence-corrected chi connectivity index (χ3v) is 4.54. The molecule has 0 saturated heterocycles. The van der Waals surface area contributed by atoms with Gasteiger partial charge in [-0.1, -0.05) is 66.7 Å². The van der Waals surface area contributed by atoms with Gasteiger partial charge < -0.3 is 9.88 Å². The van der Waals surface area contributed by atoms with E-state index in [2.05, 4.69) is 77.6 Å². The van der Waals surface area contributed by atoms with Gasteiger partial charge >= 0.3 is 0 Å². The van der Waals surface area contributed by atoms with Crippen molar-refractivity contribution in [2.45, 2.75) is 6.42 Å². The molecule has 0 atom stereocenters. The van der Waals surface area contributed by atoms with Gasteiger partial charge in [-0.25, -0.2) is 4.98 Å². The molecule has 3 nitrogen and oxygen atoms in total. The highest BCUT2D eigenvalue weighted by Crippen LogP contribution is 2.34. The molecule has 0 aliphatic carbocycles. The van der Waals surface area contributed by atoms with Crippen molar-refractivity contribution in [2.75, 3.05) is 13.1 Å². The summed E-state index contributed by atoms with van der Waals surface area (Å²) < 4.78 is 2.24. The molecule has 1 N–H and O–H groups in total. The number of nitrogens with one attached hydrogen (secondary N) is 1. The van der Waals surface area contributed by atoms with Crippen molar-refractivity contribution in [1.82, 2.24) is 14.9 Å². The van der Waals surface area contributed by atoms with Gasteiger partial charge in [0.15, 0.2) is 0 Å². The Morgan fingerprint density at radius 3 is 2.21 bits per heavy atom. The predicted molar refractivity (Wildman–Crippen MR) is 99.5 cm³/mol. The number of hydrogen-bond donors (Lipinski definition) is 1. The summed E-state index contributed by atoms with van der Waals surface area (Å²) in [5, 5.41) is 3.38. The van der Waals surface area contributed by atoms with Gasteiger partial charge in [-0.3, -0.25) is 0 Å². The van der Waals surface area contributed by atoms with Gasteiger partial charge in [-0.05, 0) is 18.5 Å². The molecular weight excluding hydrogens is 294 g/mol. The number of rotatable bonds is 3. The molecule has 3 aromatic rings. The molecule has 120 valence electrons. The molecule has 1 aromatic heterocycles. The second-order valence-corrected chi connectivity index (χ2v) is 6.11. The molecule has 24 heavy (non-hydrogen) atoms. The zero-order valence-corrected chi connectivity index (χ0v) is 13.9. The largest absolute Gasteiger partial charge is 0.327 e. The van der Waals surface area contributed by atoms with E-state index in [0.717, 1.165) is 36.6 Å². The van der Waals surface area contributed by atoms with Gasteiger partial charge in [0.1, 0.15) is 5.82 Å². The van der Waals surface area contributed by atoms with Gasteiger partial charge in [0.2, 0.25) is 0 Å². The minimum absolute atomic E-state index is 0.920. The molecule has 0 spiro atoms. The molecule has 1 aliphatic rings. The fraction of sp³-hybridized carbons (Fsp3) is 0.190. The molecule has 4 rings (SSSR count). The number of imidazole rings is 1. The molecular formula is C21H21N3. The standard InChI is InChI=1S/C21H21N3/c1-24-20(17-10-6-3-7-11-17)19(16-8-4-2-5-9-16)23-21(24)18-12-14-22-15-13-18/h2-12,22H,13-15H2,1H3. The Hall–Kier alpha value is -2.65. The molecule has 1 aliphatic heterocycles. The van der Waals surface area contributed by atoms with Gasteiger partial charge in [0, 0.05) is 24.7 Å². The first-order valence-corrected chi connectivity index (χ1v) is 8.42. The van der Waals surface area contributed by atoms with Crippen molar-refractivity contribution in [2.24, 2.45) is 7.05 Å². The lowest BCUT2D eigenvalue weighted by Gasteiger charge is -2.14. The topological polar surface area (TPSA) is 29.9 Å². The molecule has 0 amide bonds. The van der Waals surface area contributed by atoms with Crippen LogP contribution in [-0.2, 0) is 7.05 Å². The van der Waals surface area contributed by atoms with Crippen molar-refractivity contribution in [1.29, 1.82) is 0 Å². The first kappa shape index (κ1) is 14.9. The second-order valence-electron chi connectivity index (χ2n) is 6.11. The molecule has 0 fully saturated rings. The highest BCUT2D eigenvalue weighted by Gasteiger charge is 2.20. The molecule has 2 heterocycles. The summed E-state index contributed by atoms with van der Waals surface area (Å²) in [7, 11) is 2.12. The van der Waals surface area contributed by atoms with Crippen LogP contribution in [0.4, 0.5) is 0 Å². The molecule has 0 bridgehead atoms. The van der Waals surface area contributed by atoms with E-state index in [1.54, 1.807) is 0 Å². The average molecular weight is 315 g/mol. The third kappa shape index (κ3) is 2.68. The van der Waals surface area contributed by atoms with E-state index in [9.17, 15) is 0 Å². The smallest absolute Gasteiger partial charge is 0.136 e. The molecule has 3 heteroatoms. The van der Waals surface area contributed by atoms with Crippen LogP contribution in [0.5, 0.6) is 0 Å². The lowest BCUT2D eigenvalue weighted by atomic mass is 10.1. The van der Waals surface area contributed by atoms with Crippen molar-refractivity contribution in [3.05, 3.63) is 72.6 Å². The Balaban J connectivity index is 1.93. The number of benzene rings is 2. The maximum Gasteiger partial charge on any atom is 0.136 e. The van der Waals surface area contributed by atoms with E-state index in [1.807, 2.05) is 6.07 Å². The Morgan fingerprint density at radius 1 is 0.917 bits per heavy atom. The van der Waals surface area contributed by atoms with Crippen LogP contribution in [-0.4, -0.2) is 22.6 Å². The fourth-order valence-corrected chi connectivity index (χ4v) is 3.34. The van der Waals surface area contributed by atoms with Crippen LogP contribution in [0.15, 0.2) is 66.7 Å². The fourth-order valence-electron chi connectivity index (χ4n) is 3.34. The quantitative estimate of drug-likeness (QED) is 0.787. The van der Waals surface area contributed by atoms with E-state index in [1.165, 1.54) is 16.8 Å². The molecule has 0 saturated carbocycles. The Labute approximate surface area is 142 Å². The van der Waals surface area contributed by atoms with E-state index < -0.39 is 0 Å². The lowest BCUT2D eigenvalue weighted by molar-refractivity contribution is 0.729. The van der Waals surface area contributed by atoms with Crippen LogP contribution in [0.3, 0.4) is 0 Å². The minimum atomic E-state index is 0.920. The van der Waals surface area contributed by atoms with E-state index >= 15 is 0 Å². The summed E-state index contributed by atoms with van der Waals surface area (Å²) in [5.41, 5.74) is 5.92. The van der Waals surface area contributed by atoms with Gasteiger partial charge in [-0.15, -0.1) is 0 Å². The van der Waals surface area contributed by atoms with Crippen LogP contribution in [0.2, 0.25) is 0 Å². The third-order valence-electron chi connectivity index (χ3n) is 4.54. The summed E-state index contributed by atoms with van der Waals surface area (Å²) >= 11 is 0. The summed E-state index contributed by atoms with van der Waals surface area (Å²) in [6, 6.07) is 21.0. The SMILES string of the molecule is Cn1c(C2=CCNCC2)nc(-c2ccccc2)c1-c1ccccc1. The summed E-state index contributed by atoms with van der Waals surface area (Å²) in [5.74, 6) is 1.08. The van der Waals surface area contributed by atoms with Crippen LogP contribution >= 0.6 is 0 Å². The van der Waals surface area contributed by atoms with Gasteiger partial charge in [0.05, 0.1) is 11.4 Å². The molecule has 0 radical (unpaired) electrons. The van der Waals surface area contributed by atoms with Crippen molar-refractivity contribution >= 4 is 5.57 Å². The van der Waals surface area contributed by atoms with Gasteiger partial charge in [0.25, 0.3) is 0 Å². The Kier molecular flexibility index (Phi) is 4.01. The Morgan fingerprint density at radius 2 is 1.58 bits per heavy atom. The van der Waals surface area contributed by atoms with Gasteiger partial charge in [-0.2, -0.15) is 0 Å². The normalized spacial score (nSPS) is 14.5. The van der Waals surface area contributed by atoms with Crippen LogP contribution in [0.1, 0.15) is 12.2 Å². The number of aromatic nitrogens is 2. The highest BCUT2D eigenvalue weighted by molar-refractivity contribution is 5.81. The minimum Gasteiger partial charge on any atom is -0.327 e. The van der Waals surface area contributed by atoms with E-state index in [4.69, 9.17) is 4.98 Å². The van der Waals surface area contributed by atoms with Crippen molar-refractivity contribution < 1.29 is 0 Å². The summed E-state index contributed by atoms with van der Waals surface area (Å²) in [6.45, 7) is 1.93. The first-order chi connectivity index (χ1) is 11.8. The summed E-state index contributed by atoms with van der Waals surface area (Å²) in [6.07, 6.45) is 3.28. The maximum absolute atomic E-state index is 5.05. The Bertz CT molecular complexity index is 861.